The molecule has 0 radical (unpaired) electrons. The van der Waals surface area contributed by atoms with Gasteiger partial charge in [0, 0.05) is 12.5 Å². The van der Waals surface area contributed by atoms with Crippen molar-refractivity contribution in [3.8, 4) is 11.8 Å². The first-order valence-corrected chi connectivity index (χ1v) is 8.93. The third kappa shape index (κ3) is 5.53. The smallest absolute Gasteiger partial charge is 0.302 e. The molecule has 0 spiro atoms. The minimum atomic E-state index is -0.648. The molecule has 0 aliphatic carbocycles. The number of methoxy groups -OCH3 is 1. The van der Waals surface area contributed by atoms with Crippen molar-refractivity contribution in [3.05, 3.63) is 46.5 Å². The molecular formula is C21H22N2O6. The van der Waals surface area contributed by atoms with Crippen molar-refractivity contribution in [1.29, 1.82) is 5.26 Å². The van der Waals surface area contributed by atoms with Gasteiger partial charge in [-0.25, -0.2) is 0 Å². The Morgan fingerprint density at radius 2 is 1.83 bits per heavy atom. The quantitative estimate of drug-likeness (QED) is 0.285. The van der Waals surface area contributed by atoms with Crippen LogP contribution in [0.5, 0.6) is 5.75 Å². The first-order chi connectivity index (χ1) is 13.9. The van der Waals surface area contributed by atoms with Gasteiger partial charge in [0.15, 0.2) is 0 Å². The van der Waals surface area contributed by atoms with E-state index >= 15 is 0 Å². The zero-order valence-electron chi connectivity index (χ0n) is 16.6. The second-order valence-electron chi connectivity index (χ2n) is 6.16. The van der Waals surface area contributed by atoms with Crippen molar-refractivity contribution in [3.63, 3.8) is 0 Å². The molecule has 0 fully saturated rings. The van der Waals surface area contributed by atoms with E-state index in [1.165, 1.54) is 6.92 Å². The van der Waals surface area contributed by atoms with Crippen LogP contribution in [-0.4, -0.2) is 56.2 Å². The van der Waals surface area contributed by atoms with E-state index in [0.29, 0.717) is 11.3 Å². The van der Waals surface area contributed by atoms with Crippen molar-refractivity contribution < 1.29 is 28.6 Å². The van der Waals surface area contributed by atoms with Crippen molar-refractivity contribution in [2.24, 2.45) is 0 Å². The maximum atomic E-state index is 12.9. The van der Waals surface area contributed by atoms with Crippen LogP contribution in [0.4, 0.5) is 0 Å². The highest BCUT2D eigenvalue weighted by atomic mass is 16.6. The van der Waals surface area contributed by atoms with E-state index in [2.05, 4.69) is 0 Å². The molecule has 2 amide bonds. The van der Waals surface area contributed by atoms with Gasteiger partial charge in [0.25, 0.3) is 11.8 Å². The molecule has 152 valence electrons. The van der Waals surface area contributed by atoms with E-state index in [0.717, 1.165) is 10.5 Å². The summed E-state index contributed by atoms with van der Waals surface area (Å²) in [5.74, 6) is -0.881. The fraction of sp³-hybridized carbons (Fsp3) is 0.333. The van der Waals surface area contributed by atoms with Crippen LogP contribution in [0, 0.1) is 11.3 Å². The van der Waals surface area contributed by atoms with Gasteiger partial charge < -0.3 is 14.2 Å². The molecule has 0 aromatic heterocycles. The summed E-state index contributed by atoms with van der Waals surface area (Å²) in [6.45, 7) is 3.14. The molecule has 1 aliphatic rings. The van der Waals surface area contributed by atoms with Gasteiger partial charge >= 0.3 is 5.97 Å². The Bertz CT molecular complexity index is 893. The zero-order valence-corrected chi connectivity index (χ0v) is 16.6. The molecule has 0 saturated heterocycles. The fourth-order valence-corrected chi connectivity index (χ4v) is 2.70. The number of rotatable bonds is 8. The maximum absolute atomic E-state index is 12.9. The van der Waals surface area contributed by atoms with Crippen molar-refractivity contribution in [2.75, 3.05) is 33.5 Å². The lowest BCUT2D eigenvalue weighted by Crippen LogP contribution is -2.44. The van der Waals surface area contributed by atoms with E-state index in [-0.39, 0.29) is 37.5 Å². The molecule has 8 heteroatoms. The van der Waals surface area contributed by atoms with E-state index in [1.54, 1.807) is 44.4 Å². The lowest BCUT2D eigenvalue weighted by Gasteiger charge is -2.27. The monoisotopic (exact) mass is 398 g/mol. The largest absolute Gasteiger partial charge is 0.497 e. The van der Waals surface area contributed by atoms with Crippen molar-refractivity contribution >= 4 is 23.9 Å². The lowest BCUT2D eigenvalue weighted by atomic mass is 9.93. The number of nitrogens with zero attached hydrogens (tertiary/aromatic N) is 2. The number of carbonyl (C=O) groups excluding carboxylic acids is 3. The molecule has 0 saturated carbocycles. The summed E-state index contributed by atoms with van der Waals surface area (Å²) in [5, 5.41) is 9.39. The molecule has 8 nitrogen and oxygen atoms in total. The predicted molar refractivity (Wildman–Crippen MR) is 103 cm³/mol. The molecule has 29 heavy (non-hydrogen) atoms. The Balaban J connectivity index is 2.17. The van der Waals surface area contributed by atoms with Gasteiger partial charge in [-0.2, -0.15) is 5.26 Å². The van der Waals surface area contributed by atoms with Gasteiger partial charge in [-0.15, -0.1) is 0 Å². The average Bonchev–Trinajstić information content (AvgIpc) is 2.70. The summed E-state index contributed by atoms with van der Waals surface area (Å²) in [6, 6.07) is 8.95. The second kappa shape index (κ2) is 10.2. The summed E-state index contributed by atoms with van der Waals surface area (Å²) in [6.07, 6.45) is 1.63. The number of amides is 2. The Labute approximate surface area is 168 Å². The number of hydrogen-bond donors (Lipinski definition) is 0. The Hall–Kier alpha value is -3.44. The first-order valence-electron chi connectivity index (χ1n) is 8.93. The zero-order chi connectivity index (χ0) is 21.4. The van der Waals surface area contributed by atoms with Gasteiger partial charge in [0.2, 0.25) is 0 Å². The number of hydrogen-bond acceptors (Lipinski definition) is 7. The number of imide groups is 1. The SMILES string of the molecule is COc1ccc(/C=C2/C(=O)N(CCOCCOC(C)=O)C(=O)C(C#N)=C2C)cc1. The number of carbonyl (C=O) groups is 3. The third-order valence-corrected chi connectivity index (χ3v) is 4.24. The number of nitriles is 1. The average molecular weight is 398 g/mol. The first kappa shape index (κ1) is 21.9. The van der Waals surface area contributed by atoms with Crippen LogP contribution in [0.1, 0.15) is 19.4 Å². The minimum absolute atomic E-state index is 0.0177. The minimum Gasteiger partial charge on any atom is -0.497 e. The molecule has 0 atom stereocenters. The lowest BCUT2D eigenvalue weighted by molar-refractivity contribution is -0.142. The normalized spacial score (nSPS) is 15.5. The molecule has 1 heterocycles. The van der Waals surface area contributed by atoms with E-state index in [4.69, 9.17) is 14.2 Å². The Morgan fingerprint density at radius 3 is 2.41 bits per heavy atom. The fourth-order valence-electron chi connectivity index (χ4n) is 2.70. The summed E-state index contributed by atoms with van der Waals surface area (Å²) < 4.78 is 15.2. The molecule has 0 N–H and O–H groups in total. The molecule has 1 aromatic carbocycles. The number of benzene rings is 1. The standard InChI is InChI=1S/C21H22N2O6/c1-14-18(12-16-4-6-17(27-3)7-5-16)20(25)23(21(26)19(14)13-22)8-9-28-10-11-29-15(2)24/h4-7,12H,8-11H2,1-3H3/b18-12+. The number of esters is 1. The van der Waals surface area contributed by atoms with Crippen LogP contribution < -0.4 is 4.74 Å². The summed E-state index contributed by atoms with van der Waals surface area (Å²) in [4.78, 5) is 37.1. The Kier molecular flexibility index (Phi) is 7.69. The van der Waals surface area contributed by atoms with Gasteiger partial charge in [-0.3, -0.25) is 19.3 Å². The number of ether oxygens (including phenoxy) is 3. The van der Waals surface area contributed by atoms with E-state index < -0.39 is 17.8 Å². The van der Waals surface area contributed by atoms with Crippen LogP contribution in [0.25, 0.3) is 6.08 Å². The van der Waals surface area contributed by atoms with E-state index in [9.17, 15) is 19.6 Å². The molecular weight excluding hydrogens is 376 g/mol. The van der Waals surface area contributed by atoms with Gasteiger partial charge in [0.1, 0.15) is 24.0 Å². The molecule has 0 unspecified atom stereocenters. The van der Waals surface area contributed by atoms with E-state index in [1.807, 2.05) is 6.07 Å². The Morgan fingerprint density at radius 1 is 1.14 bits per heavy atom. The van der Waals surface area contributed by atoms with Crippen LogP contribution in [-0.2, 0) is 23.9 Å². The topological polar surface area (TPSA) is 106 Å². The van der Waals surface area contributed by atoms with Crippen molar-refractivity contribution in [2.45, 2.75) is 13.8 Å². The van der Waals surface area contributed by atoms with Gasteiger partial charge in [-0.1, -0.05) is 12.1 Å². The van der Waals surface area contributed by atoms with Crippen LogP contribution in [0.3, 0.4) is 0 Å². The highest BCUT2D eigenvalue weighted by Crippen LogP contribution is 2.27. The third-order valence-electron chi connectivity index (χ3n) is 4.24. The predicted octanol–water partition coefficient (Wildman–Crippen LogP) is 1.87. The molecule has 2 rings (SSSR count). The second-order valence-corrected chi connectivity index (χ2v) is 6.16. The molecule has 1 aromatic rings. The molecule has 0 bridgehead atoms. The van der Waals surface area contributed by atoms with Crippen LogP contribution in [0.15, 0.2) is 41.0 Å². The summed E-state index contributed by atoms with van der Waals surface area (Å²) >= 11 is 0. The van der Waals surface area contributed by atoms with Gasteiger partial charge in [0.05, 0.1) is 26.9 Å². The van der Waals surface area contributed by atoms with Crippen LogP contribution >= 0.6 is 0 Å². The summed E-state index contributed by atoms with van der Waals surface area (Å²) in [5.41, 5.74) is 1.26. The maximum Gasteiger partial charge on any atom is 0.302 e. The van der Waals surface area contributed by atoms with Crippen molar-refractivity contribution in [1.82, 2.24) is 4.90 Å². The summed E-state index contributed by atoms with van der Waals surface area (Å²) in [7, 11) is 1.56. The van der Waals surface area contributed by atoms with Crippen LogP contribution in [0.2, 0.25) is 0 Å². The highest BCUT2D eigenvalue weighted by molar-refractivity contribution is 6.19. The molecule has 1 aliphatic heterocycles. The highest BCUT2D eigenvalue weighted by Gasteiger charge is 2.35. The van der Waals surface area contributed by atoms with Gasteiger partial charge in [-0.05, 0) is 36.3 Å².